The number of rotatable bonds is 5. The van der Waals surface area contributed by atoms with Crippen LogP contribution in [0, 0.1) is 6.92 Å². The summed E-state index contributed by atoms with van der Waals surface area (Å²) in [4.78, 5) is 23.1. The zero-order valence-electron chi connectivity index (χ0n) is 11.7. The molecule has 1 heterocycles. The number of benzene rings is 1. The lowest BCUT2D eigenvalue weighted by Crippen LogP contribution is -2.12. The highest BCUT2D eigenvalue weighted by molar-refractivity contribution is 7.97. The molecule has 0 bridgehead atoms. The van der Waals surface area contributed by atoms with Crippen molar-refractivity contribution in [3.8, 4) is 0 Å². The molecular weight excluding hydrogens is 290 g/mol. The van der Waals surface area contributed by atoms with Crippen LogP contribution >= 0.6 is 11.8 Å². The van der Waals surface area contributed by atoms with Crippen molar-refractivity contribution >= 4 is 29.3 Å². The molecule has 1 amide bonds. The summed E-state index contributed by atoms with van der Waals surface area (Å²) in [6.45, 7) is 1.70. The van der Waals surface area contributed by atoms with Crippen LogP contribution in [0.1, 0.15) is 32.2 Å². The van der Waals surface area contributed by atoms with E-state index in [-0.39, 0.29) is 11.3 Å². The first kappa shape index (κ1) is 15.2. The summed E-state index contributed by atoms with van der Waals surface area (Å²) >= 11 is 1.60. The number of hydrogen-bond acceptors (Lipinski definition) is 4. The topological polar surface area (TPSA) is 79.5 Å². The quantitative estimate of drug-likeness (QED) is 0.885. The van der Waals surface area contributed by atoms with Crippen molar-refractivity contribution in [2.24, 2.45) is 0 Å². The summed E-state index contributed by atoms with van der Waals surface area (Å²) in [6.07, 6.45) is 1.95. The van der Waals surface area contributed by atoms with Gasteiger partial charge in [0.2, 0.25) is 0 Å². The van der Waals surface area contributed by atoms with Gasteiger partial charge in [-0.15, -0.1) is 0 Å². The molecule has 21 heavy (non-hydrogen) atoms. The molecule has 1 aromatic heterocycles. The van der Waals surface area contributed by atoms with E-state index in [1.165, 1.54) is 6.07 Å². The molecule has 0 fully saturated rings. The van der Waals surface area contributed by atoms with Crippen molar-refractivity contribution < 1.29 is 19.1 Å². The summed E-state index contributed by atoms with van der Waals surface area (Å²) in [5, 5.41) is 11.7. The van der Waals surface area contributed by atoms with Gasteiger partial charge in [-0.05, 0) is 43.0 Å². The standard InChI is InChI=1S/C15H15NO4S/c1-9-3-4-10(7-12(9)15(18)19)16-14(17)13-6-5-11(20-13)8-21-2/h3-7H,8H2,1-2H3,(H,16,17)(H,18,19). The van der Waals surface area contributed by atoms with Gasteiger partial charge < -0.3 is 14.8 Å². The highest BCUT2D eigenvalue weighted by Gasteiger charge is 2.13. The van der Waals surface area contributed by atoms with Crippen molar-refractivity contribution in [2.75, 3.05) is 11.6 Å². The van der Waals surface area contributed by atoms with E-state index in [1.807, 2.05) is 6.26 Å². The molecule has 0 aliphatic heterocycles. The zero-order chi connectivity index (χ0) is 15.4. The Morgan fingerprint density at radius 3 is 2.71 bits per heavy atom. The number of anilines is 1. The smallest absolute Gasteiger partial charge is 0.336 e. The molecule has 2 N–H and O–H groups in total. The van der Waals surface area contributed by atoms with E-state index in [9.17, 15) is 9.59 Å². The molecule has 1 aromatic carbocycles. The van der Waals surface area contributed by atoms with Crippen LogP contribution in [0.15, 0.2) is 34.7 Å². The number of aromatic carboxylic acids is 1. The van der Waals surface area contributed by atoms with Crippen molar-refractivity contribution in [1.29, 1.82) is 0 Å². The van der Waals surface area contributed by atoms with Gasteiger partial charge in [-0.3, -0.25) is 4.79 Å². The zero-order valence-corrected chi connectivity index (χ0v) is 12.5. The van der Waals surface area contributed by atoms with Crippen LogP contribution in [0.5, 0.6) is 0 Å². The van der Waals surface area contributed by atoms with Crippen molar-refractivity contribution in [3.63, 3.8) is 0 Å². The van der Waals surface area contributed by atoms with Gasteiger partial charge in [-0.25, -0.2) is 4.79 Å². The largest absolute Gasteiger partial charge is 0.478 e. The average molecular weight is 305 g/mol. The first-order chi connectivity index (χ1) is 10.0. The van der Waals surface area contributed by atoms with E-state index in [1.54, 1.807) is 43.0 Å². The van der Waals surface area contributed by atoms with Crippen LogP contribution in [0.3, 0.4) is 0 Å². The van der Waals surface area contributed by atoms with Gasteiger partial charge in [-0.2, -0.15) is 11.8 Å². The predicted octanol–water partition coefficient (Wildman–Crippen LogP) is 3.40. The number of carbonyl (C=O) groups is 2. The molecule has 0 saturated heterocycles. The number of hydrogen-bond donors (Lipinski definition) is 2. The van der Waals surface area contributed by atoms with Gasteiger partial charge >= 0.3 is 5.97 Å². The number of amides is 1. The molecule has 0 aliphatic rings. The second-order valence-corrected chi connectivity index (χ2v) is 5.35. The number of nitrogens with one attached hydrogen (secondary N) is 1. The third kappa shape index (κ3) is 3.66. The van der Waals surface area contributed by atoms with E-state index in [0.717, 1.165) is 5.76 Å². The predicted molar refractivity (Wildman–Crippen MR) is 82.0 cm³/mol. The lowest BCUT2D eigenvalue weighted by molar-refractivity contribution is 0.0695. The molecule has 0 spiro atoms. The Kier molecular flexibility index (Phi) is 4.70. The van der Waals surface area contributed by atoms with Crippen LogP contribution in [0.4, 0.5) is 5.69 Å². The van der Waals surface area contributed by atoms with Crippen LogP contribution in [-0.2, 0) is 5.75 Å². The number of furan rings is 1. The molecule has 5 nitrogen and oxygen atoms in total. The van der Waals surface area contributed by atoms with Crippen molar-refractivity contribution in [1.82, 2.24) is 0 Å². The third-order valence-corrected chi connectivity index (χ3v) is 3.47. The summed E-state index contributed by atoms with van der Waals surface area (Å²) in [5.41, 5.74) is 1.22. The molecule has 2 aromatic rings. The number of carbonyl (C=O) groups excluding carboxylic acids is 1. The van der Waals surface area contributed by atoms with Gasteiger partial charge in [0.25, 0.3) is 5.91 Å². The van der Waals surface area contributed by atoms with Gasteiger partial charge in [-0.1, -0.05) is 6.07 Å². The van der Waals surface area contributed by atoms with Gasteiger partial charge in [0.05, 0.1) is 11.3 Å². The summed E-state index contributed by atoms with van der Waals surface area (Å²) < 4.78 is 5.41. The Morgan fingerprint density at radius 2 is 2.05 bits per heavy atom. The van der Waals surface area contributed by atoms with Crippen LogP contribution < -0.4 is 5.32 Å². The molecule has 0 unspecified atom stereocenters. The molecule has 0 aliphatic carbocycles. The molecular formula is C15H15NO4S. The summed E-state index contributed by atoms with van der Waals surface area (Å²) in [6, 6.07) is 8.10. The SMILES string of the molecule is CSCc1ccc(C(=O)Nc2ccc(C)c(C(=O)O)c2)o1. The van der Waals surface area contributed by atoms with E-state index < -0.39 is 11.9 Å². The Labute approximate surface area is 126 Å². The fourth-order valence-corrected chi connectivity index (χ4v) is 2.28. The highest BCUT2D eigenvalue weighted by Crippen LogP contribution is 2.18. The van der Waals surface area contributed by atoms with E-state index in [4.69, 9.17) is 9.52 Å². The van der Waals surface area contributed by atoms with Crippen LogP contribution in [0.2, 0.25) is 0 Å². The third-order valence-electron chi connectivity index (χ3n) is 2.90. The Bertz CT molecular complexity index is 678. The number of carboxylic acids is 1. The minimum atomic E-state index is -1.02. The van der Waals surface area contributed by atoms with Crippen LogP contribution in [0.25, 0.3) is 0 Å². The van der Waals surface area contributed by atoms with Crippen molar-refractivity contribution in [3.05, 3.63) is 53.0 Å². The molecule has 6 heteroatoms. The molecule has 110 valence electrons. The monoisotopic (exact) mass is 305 g/mol. The fraction of sp³-hybridized carbons (Fsp3) is 0.200. The summed E-state index contributed by atoms with van der Waals surface area (Å²) in [5.74, 6) is 0.201. The molecule has 2 rings (SSSR count). The number of carboxylic acid groups (broad SMARTS) is 1. The van der Waals surface area contributed by atoms with Crippen LogP contribution in [-0.4, -0.2) is 23.2 Å². The maximum atomic E-state index is 12.0. The second-order valence-electron chi connectivity index (χ2n) is 4.49. The molecule has 0 saturated carbocycles. The van der Waals surface area contributed by atoms with Gasteiger partial charge in [0, 0.05) is 5.69 Å². The Morgan fingerprint density at radius 1 is 1.29 bits per heavy atom. The number of thioether (sulfide) groups is 1. The Balaban J connectivity index is 2.15. The van der Waals surface area contributed by atoms with E-state index in [0.29, 0.717) is 17.0 Å². The fourth-order valence-electron chi connectivity index (χ4n) is 1.84. The van der Waals surface area contributed by atoms with E-state index >= 15 is 0 Å². The van der Waals surface area contributed by atoms with Gasteiger partial charge in [0.15, 0.2) is 5.76 Å². The second kappa shape index (κ2) is 6.49. The summed E-state index contributed by atoms with van der Waals surface area (Å²) in [7, 11) is 0. The minimum Gasteiger partial charge on any atom is -0.478 e. The van der Waals surface area contributed by atoms with Gasteiger partial charge in [0.1, 0.15) is 5.76 Å². The lowest BCUT2D eigenvalue weighted by Gasteiger charge is -2.06. The normalized spacial score (nSPS) is 10.4. The van der Waals surface area contributed by atoms with Crippen molar-refractivity contribution in [2.45, 2.75) is 12.7 Å². The average Bonchev–Trinajstić information content (AvgIpc) is 2.90. The first-order valence-electron chi connectivity index (χ1n) is 6.24. The maximum absolute atomic E-state index is 12.0. The van der Waals surface area contributed by atoms with E-state index in [2.05, 4.69) is 5.32 Å². The maximum Gasteiger partial charge on any atom is 0.336 e. The minimum absolute atomic E-state index is 0.162. The lowest BCUT2D eigenvalue weighted by atomic mass is 10.1. The molecule has 0 radical (unpaired) electrons. The number of aryl methyl sites for hydroxylation is 1. The first-order valence-corrected chi connectivity index (χ1v) is 7.63. The Hall–Kier alpha value is -2.21. The molecule has 0 atom stereocenters. The highest BCUT2D eigenvalue weighted by atomic mass is 32.2.